The summed E-state index contributed by atoms with van der Waals surface area (Å²) >= 11 is 0. The van der Waals surface area contributed by atoms with Gasteiger partial charge in [0.2, 0.25) is 0 Å². The first-order valence-electron chi connectivity index (χ1n) is 11.4. The molecule has 5 rings (SSSR count). The number of hydrogen-bond acceptors (Lipinski definition) is 7. The molecule has 1 fully saturated rings. The molecule has 1 unspecified atom stereocenters. The van der Waals surface area contributed by atoms with Crippen molar-refractivity contribution in [3.63, 3.8) is 0 Å². The topological polar surface area (TPSA) is 122 Å². The molecule has 2 atom stereocenters. The number of anilines is 2. The minimum atomic E-state index is -0.919. The Morgan fingerprint density at radius 1 is 1.20 bits per heavy atom. The van der Waals surface area contributed by atoms with Crippen LogP contribution in [0.4, 0.5) is 11.6 Å². The quantitative estimate of drug-likeness (QED) is 0.304. The molecule has 3 aromatic heterocycles. The number of nitrogens with one attached hydrogen (secondary N) is 1. The average molecular weight is 468 g/mol. The predicted octanol–water partition coefficient (Wildman–Crippen LogP) is 3.16. The van der Waals surface area contributed by atoms with Gasteiger partial charge in [0, 0.05) is 36.3 Å². The summed E-state index contributed by atoms with van der Waals surface area (Å²) in [7, 11) is 0. The maximum Gasteiger partial charge on any atom is 0.299 e. The molecule has 1 aliphatic rings. The fourth-order valence-corrected chi connectivity index (χ4v) is 4.48. The summed E-state index contributed by atoms with van der Waals surface area (Å²) in [5, 5.41) is 13.5. The van der Waals surface area contributed by atoms with Crippen molar-refractivity contribution in [1.29, 1.82) is 0 Å². The lowest BCUT2D eigenvalue weighted by atomic mass is 10.1. The smallest absolute Gasteiger partial charge is 0.299 e. The molecule has 1 aliphatic heterocycles. The number of aliphatic hydroxyl groups excluding tert-OH is 1. The van der Waals surface area contributed by atoms with Gasteiger partial charge in [0.25, 0.3) is 5.91 Å². The van der Waals surface area contributed by atoms with Crippen LogP contribution in [0, 0.1) is 11.8 Å². The van der Waals surface area contributed by atoms with Crippen LogP contribution in [0.25, 0.3) is 16.8 Å². The van der Waals surface area contributed by atoms with Gasteiger partial charge in [-0.05, 0) is 37.8 Å². The van der Waals surface area contributed by atoms with Crippen molar-refractivity contribution in [2.45, 2.75) is 32.0 Å². The second kappa shape index (κ2) is 9.44. The zero-order chi connectivity index (χ0) is 24.4. The largest absolute Gasteiger partial charge is 0.382 e. The monoisotopic (exact) mass is 467 g/mol. The van der Waals surface area contributed by atoms with Crippen LogP contribution in [0.5, 0.6) is 0 Å². The Morgan fingerprint density at radius 2 is 2.03 bits per heavy atom. The summed E-state index contributed by atoms with van der Waals surface area (Å²) < 4.78 is 1.92. The van der Waals surface area contributed by atoms with Crippen LogP contribution in [0.2, 0.25) is 0 Å². The van der Waals surface area contributed by atoms with Crippen LogP contribution in [-0.4, -0.2) is 41.8 Å². The predicted molar refractivity (Wildman–Crippen MR) is 133 cm³/mol. The Kier molecular flexibility index (Phi) is 6.04. The Hall–Kier alpha value is -4.42. The lowest BCUT2D eigenvalue weighted by molar-refractivity contribution is -0.126. The van der Waals surface area contributed by atoms with E-state index in [4.69, 9.17) is 10.7 Å². The molecule has 176 valence electrons. The number of imidazole rings is 1. The fraction of sp³-hybridized carbons (Fsp3) is 0.231. The molecular weight excluding hydrogens is 442 g/mol. The second-order valence-electron chi connectivity index (χ2n) is 8.27. The van der Waals surface area contributed by atoms with Crippen molar-refractivity contribution in [2.75, 3.05) is 17.6 Å². The zero-order valence-corrected chi connectivity index (χ0v) is 19.2. The lowest BCUT2D eigenvalue weighted by Crippen LogP contribution is -2.30. The standard InChI is InChI=1S/C26H25N7O2/c1-2-6-21(34)32-15-5-7-19(32)25-31-22(23-24(27)29-14-16-33(23)25)17-9-11-18(12-10-17)26(35)30-20-8-3-4-13-28-20/h3-4,8-14,16,19,26,35H,5,7,15H2,1H3,(H2,27,29)(H,28,30)/t19-,26?/m0/s1. The number of nitrogens with two attached hydrogens (primary N) is 1. The SMILES string of the molecule is CC#CC(=O)N1CCC[C@H]1c1nc(-c2ccc(C(O)Nc3ccccn3)cc2)c2c(N)nccn12. The highest BCUT2D eigenvalue weighted by Gasteiger charge is 2.33. The molecule has 9 nitrogen and oxygen atoms in total. The normalized spacial score (nSPS) is 16.1. The number of nitrogen functional groups attached to an aromatic ring is 1. The first-order valence-corrected chi connectivity index (χ1v) is 11.4. The van der Waals surface area contributed by atoms with Crippen LogP contribution >= 0.6 is 0 Å². The van der Waals surface area contributed by atoms with Gasteiger partial charge in [0.05, 0.1) is 6.04 Å². The first kappa shape index (κ1) is 22.4. The Morgan fingerprint density at radius 3 is 2.77 bits per heavy atom. The molecule has 0 radical (unpaired) electrons. The molecule has 4 heterocycles. The highest BCUT2D eigenvalue weighted by molar-refractivity contribution is 5.94. The van der Waals surface area contributed by atoms with Gasteiger partial charge >= 0.3 is 0 Å². The van der Waals surface area contributed by atoms with E-state index < -0.39 is 6.23 Å². The molecule has 1 aromatic carbocycles. The van der Waals surface area contributed by atoms with Crippen LogP contribution in [-0.2, 0) is 4.79 Å². The molecule has 35 heavy (non-hydrogen) atoms. The number of fused-ring (bicyclic) bond motifs is 1. The van der Waals surface area contributed by atoms with Crippen molar-refractivity contribution in [1.82, 2.24) is 24.3 Å². The highest BCUT2D eigenvalue weighted by atomic mass is 16.3. The van der Waals surface area contributed by atoms with E-state index in [1.807, 2.05) is 47.0 Å². The Labute approximate surface area is 202 Å². The maximum absolute atomic E-state index is 12.6. The summed E-state index contributed by atoms with van der Waals surface area (Å²) in [4.78, 5) is 27.8. The average Bonchev–Trinajstić information content (AvgIpc) is 3.51. The fourth-order valence-electron chi connectivity index (χ4n) is 4.48. The highest BCUT2D eigenvalue weighted by Crippen LogP contribution is 2.36. The van der Waals surface area contributed by atoms with Crippen LogP contribution in [0.15, 0.2) is 61.1 Å². The van der Waals surface area contributed by atoms with E-state index in [1.54, 1.807) is 30.3 Å². The van der Waals surface area contributed by atoms with E-state index in [-0.39, 0.29) is 11.9 Å². The number of carbonyl (C=O) groups excluding carboxylic acids is 1. The van der Waals surface area contributed by atoms with Crippen LogP contribution in [0.1, 0.15) is 43.4 Å². The maximum atomic E-state index is 12.6. The van der Waals surface area contributed by atoms with E-state index in [1.165, 1.54) is 0 Å². The molecule has 0 spiro atoms. The number of rotatable bonds is 5. The third kappa shape index (κ3) is 4.27. The van der Waals surface area contributed by atoms with Gasteiger partial charge in [-0.15, -0.1) is 0 Å². The molecule has 0 aliphatic carbocycles. The number of carbonyl (C=O) groups is 1. The number of benzene rings is 1. The molecular formula is C26H25N7O2. The van der Waals surface area contributed by atoms with Crippen LogP contribution in [0.3, 0.4) is 0 Å². The summed E-state index contributed by atoms with van der Waals surface area (Å²) in [5.41, 5.74) is 9.14. The molecule has 4 N–H and O–H groups in total. The number of aromatic nitrogens is 4. The third-order valence-corrected chi connectivity index (χ3v) is 6.10. The molecule has 0 saturated carbocycles. The minimum absolute atomic E-state index is 0.199. The summed E-state index contributed by atoms with van der Waals surface area (Å²) in [6.07, 6.45) is 5.86. The summed E-state index contributed by atoms with van der Waals surface area (Å²) in [6, 6.07) is 12.7. The lowest BCUT2D eigenvalue weighted by Gasteiger charge is -2.21. The number of likely N-dealkylation sites (tertiary alicyclic amines) is 1. The van der Waals surface area contributed by atoms with E-state index in [2.05, 4.69) is 27.1 Å². The van der Waals surface area contributed by atoms with E-state index in [9.17, 15) is 9.90 Å². The van der Waals surface area contributed by atoms with Gasteiger partial charge in [0.15, 0.2) is 6.23 Å². The van der Waals surface area contributed by atoms with Gasteiger partial charge in [-0.2, -0.15) is 0 Å². The number of amides is 1. The van der Waals surface area contributed by atoms with E-state index >= 15 is 0 Å². The molecule has 9 heteroatoms. The Balaban J connectivity index is 1.50. The number of nitrogens with zero attached hydrogens (tertiary/aromatic N) is 5. The summed E-state index contributed by atoms with van der Waals surface area (Å²) in [6.45, 7) is 2.30. The molecule has 0 bridgehead atoms. The number of aliphatic hydroxyl groups is 1. The molecule has 1 amide bonds. The Bertz CT molecular complexity index is 1420. The van der Waals surface area contributed by atoms with E-state index in [0.717, 1.165) is 24.2 Å². The number of hydrogen-bond donors (Lipinski definition) is 3. The van der Waals surface area contributed by atoms with E-state index in [0.29, 0.717) is 35.0 Å². The minimum Gasteiger partial charge on any atom is -0.382 e. The molecule has 4 aromatic rings. The van der Waals surface area contributed by atoms with Gasteiger partial charge in [0.1, 0.15) is 28.7 Å². The first-order chi connectivity index (χ1) is 17.1. The third-order valence-electron chi connectivity index (χ3n) is 6.10. The zero-order valence-electron chi connectivity index (χ0n) is 19.2. The second-order valence-corrected chi connectivity index (χ2v) is 8.27. The molecule has 1 saturated heterocycles. The van der Waals surface area contributed by atoms with Gasteiger partial charge in [-0.3, -0.25) is 9.20 Å². The van der Waals surface area contributed by atoms with Crippen molar-refractivity contribution >= 4 is 23.1 Å². The van der Waals surface area contributed by atoms with Crippen molar-refractivity contribution in [2.24, 2.45) is 0 Å². The summed E-state index contributed by atoms with van der Waals surface area (Å²) in [5.74, 6) is 6.81. The van der Waals surface area contributed by atoms with Crippen molar-refractivity contribution < 1.29 is 9.90 Å². The van der Waals surface area contributed by atoms with Gasteiger partial charge in [-0.1, -0.05) is 36.3 Å². The van der Waals surface area contributed by atoms with Crippen molar-refractivity contribution in [3.05, 3.63) is 72.4 Å². The van der Waals surface area contributed by atoms with Gasteiger partial charge in [-0.25, -0.2) is 15.0 Å². The number of pyridine rings is 1. The van der Waals surface area contributed by atoms with Crippen LogP contribution < -0.4 is 11.1 Å². The van der Waals surface area contributed by atoms with Gasteiger partial charge < -0.3 is 21.1 Å². The van der Waals surface area contributed by atoms with Crippen molar-refractivity contribution in [3.8, 4) is 23.1 Å².